The molecule has 0 spiro atoms. The molecule has 2 heteroatoms. The largest absolute Gasteiger partial charge is 0.299 e. The average Bonchev–Trinajstić information content (AvgIpc) is 2.23. The van der Waals surface area contributed by atoms with Gasteiger partial charge in [-0.2, -0.15) is 0 Å². The second-order valence-corrected chi connectivity index (χ2v) is 4.16. The summed E-state index contributed by atoms with van der Waals surface area (Å²) < 4.78 is 0. The van der Waals surface area contributed by atoms with Crippen LogP contribution in [0.5, 0.6) is 0 Å². The van der Waals surface area contributed by atoms with Crippen molar-refractivity contribution in [2.24, 2.45) is 5.92 Å². The van der Waals surface area contributed by atoms with E-state index in [0.29, 0.717) is 17.2 Å². The molecule has 1 rings (SSSR count). The highest BCUT2D eigenvalue weighted by Gasteiger charge is 2.15. The lowest BCUT2D eigenvalue weighted by Crippen LogP contribution is -2.15. The van der Waals surface area contributed by atoms with Crippen molar-refractivity contribution in [2.45, 2.75) is 33.1 Å². The molecule has 0 fully saturated rings. The van der Waals surface area contributed by atoms with Crippen molar-refractivity contribution < 1.29 is 4.79 Å². The van der Waals surface area contributed by atoms with Gasteiger partial charge in [0.1, 0.15) is 5.78 Å². The van der Waals surface area contributed by atoms with E-state index in [9.17, 15) is 4.79 Å². The summed E-state index contributed by atoms with van der Waals surface area (Å²) in [5.74, 6) is 0.481. The number of carbonyl (C=O) groups excluding carboxylic acids is 1. The Hall–Kier alpha value is -0.820. The van der Waals surface area contributed by atoms with Gasteiger partial charge in [0.15, 0.2) is 0 Å². The molecule has 0 radical (unpaired) electrons. The maximum Gasteiger partial charge on any atom is 0.140 e. The Kier molecular flexibility index (Phi) is 4.83. The highest BCUT2D eigenvalue weighted by Crippen LogP contribution is 2.19. The third-order valence-corrected chi connectivity index (χ3v) is 3.13. The SMILES string of the molecule is CCC(CC)C(=O)Cc1ccccc1Cl. The van der Waals surface area contributed by atoms with Gasteiger partial charge in [-0.15, -0.1) is 0 Å². The zero-order valence-electron chi connectivity index (χ0n) is 9.29. The van der Waals surface area contributed by atoms with E-state index >= 15 is 0 Å². The molecule has 0 unspecified atom stereocenters. The molecule has 0 N–H and O–H groups in total. The van der Waals surface area contributed by atoms with Crippen LogP contribution in [0.2, 0.25) is 5.02 Å². The van der Waals surface area contributed by atoms with Gasteiger partial charge in [-0.05, 0) is 24.5 Å². The Bertz CT molecular complexity index is 329. The van der Waals surface area contributed by atoms with Crippen molar-refractivity contribution in [3.63, 3.8) is 0 Å². The predicted molar refractivity (Wildman–Crippen MR) is 64.2 cm³/mol. The summed E-state index contributed by atoms with van der Waals surface area (Å²) in [6.45, 7) is 4.11. The molecule has 0 aromatic heterocycles. The van der Waals surface area contributed by atoms with Crippen molar-refractivity contribution in [1.82, 2.24) is 0 Å². The van der Waals surface area contributed by atoms with Crippen molar-refractivity contribution in [1.29, 1.82) is 0 Å². The molecule has 15 heavy (non-hydrogen) atoms. The molecule has 1 aromatic rings. The van der Waals surface area contributed by atoms with E-state index in [0.717, 1.165) is 18.4 Å². The zero-order chi connectivity index (χ0) is 11.3. The third kappa shape index (κ3) is 3.35. The molecule has 1 nitrogen and oxygen atoms in total. The van der Waals surface area contributed by atoms with Gasteiger partial charge in [-0.25, -0.2) is 0 Å². The maximum atomic E-state index is 11.9. The number of hydrogen-bond donors (Lipinski definition) is 0. The van der Waals surface area contributed by atoms with Gasteiger partial charge in [0.2, 0.25) is 0 Å². The summed E-state index contributed by atoms with van der Waals surface area (Å²) in [5, 5.41) is 0.691. The number of carbonyl (C=O) groups is 1. The van der Waals surface area contributed by atoms with E-state index < -0.39 is 0 Å². The Morgan fingerprint density at radius 3 is 2.40 bits per heavy atom. The van der Waals surface area contributed by atoms with Gasteiger partial charge < -0.3 is 0 Å². The van der Waals surface area contributed by atoms with Gasteiger partial charge in [0, 0.05) is 17.4 Å². The van der Waals surface area contributed by atoms with Crippen LogP contribution >= 0.6 is 11.6 Å². The Balaban J connectivity index is 2.70. The summed E-state index contributed by atoms with van der Waals surface area (Å²) in [6.07, 6.45) is 2.30. The number of ketones is 1. The monoisotopic (exact) mass is 224 g/mol. The maximum absolute atomic E-state index is 11.9. The van der Waals surface area contributed by atoms with Crippen LogP contribution < -0.4 is 0 Å². The van der Waals surface area contributed by atoms with Gasteiger partial charge in [-0.3, -0.25) is 4.79 Å². The van der Waals surface area contributed by atoms with Crippen LogP contribution in [0.25, 0.3) is 0 Å². The van der Waals surface area contributed by atoms with Gasteiger partial charge >= 0.3 is 0 Å². The molecule has 1 aromatic carbocycles. The fourth-order valence-electron chi connectivity index (χ4n) is 1.72. The summed E-state index contributed by atoms with van der Waals surface area (Å²) in [4.78, 5) is 11.9. The van der Waals surface area contributed by atoms with Crippen LogP contribution in [0, 0.1) is 5.92 Å². The first-order chi connectivity index (χ1) is 7.19. The molecule has 0 aliphatic carbocycles. The molecule has 0 amide bonds. The van der Waals surface area contributed by atoms with Crippen LogP contribution in [0.15, 0.2) is 24.3 Å². The van der Waals surface area contributed by atoms with E-state index in [1.165, 1.54) is 0 Å². The number of benzene rings is 1. The molecule has 0 aliphatic rings. The topological polar surface area (TPSA) is 17.1 Å². The molecule has 0 atom stereocenters. The van der Waals surface area contributed by atoms with Gasteiger partial charge in [-0.1, -0.05) is 43.6 Å². The standard InChI is InChI=1S/C13H17ClO/c1-3-10(4-2)13(15)9-11-7-5-6-8-12(11)14/h5-8,10H,3-4,9H2,1-2H3. The van der Waals surface area contributed by atoms with Crippen molar-refractivity contribution in [2.75, 3.05) is 0 Å². The fraction of sp³-hybridized carbons (Fsp3) is 0.462. The molecule has 0 saturated carbocycles. The molecule has 0 aliphatic heterocycles. The van der Waals surface area contributed by atoms with Crippen LogP contribution in [-0.4, -0.2) is 5.78 Å². The smallest absolute Gasteiger partial charge is 0.140 e. The van der Waals surface area contributed by atoms with E-state index in [2.05, 4.69) is 13.8 Å². The lowest BCUT2D eigenvalue weighted by atomic mass is 9.93. The second kappa shape index (κ2) is 5.92. The lowest BCUT2D eigenvalue weighted by molar-refractivity contribution is -0.122. The Labute approximate surface area is 96.5 Å². The normalized spacial score (nSPS) is 10.7. The van der Waals surface area contributed by atoms with Crippen molar-refractivity contribution >= 4 is 17.4 Å². The first-order valence-electron chi connectivity index (χ1n) is 5.45. The number of halogens is 1. The molecular weight excluding hydrogens is 208 g/mol. The fourth-order valence-corrected chi connectivity index (χ4v) is 1.92. The average molecular weight is 225 g/mol. The van der Waals surface area contributed by atoms with Crippen molar-refractivity contribution in [3.8, 4) is 0 Å². The number of Topliss-reactive ketones (excluding diaryl/α,β-unsaturated/α-hetero) is 1. The summed E-state index contributed by atoms with van der Waals surface area (Å²) in [6, 6.07) is 7.55. The molecule has 82 valence electrons. The van der Waals surface area contributed by atoms with Crippen molar-refractivity contribution in [3.05, 3.63) is 34.9 Å². The molecule has 0 bridgehead atoms. The third-order valence-electron chi connectivity index (χ3n) is 2.76. The number of hydrogen-bond acceptors (Lipinski definition) is 1. The van der Waals surface area contributed by atoms with E-state index in [-0.39, 0.29) is 5.92 Å². The quantitative estimate of drug-likeness (QED) is 0.742. The lowest BCUT2D eigenvalue weighted by Gasteiger charge is -2.11. The minimum Gasteiger partial charge on any atom is -0.299 e. The number of rotatable bonds is 5. The van der Waals surface area contributed by atoms with Crippen LogP contribution in [0.4, 0.5) is 0 Å². The predicted octanol–water partition coefficient (Wildman–Crippen LogP) is 3.89. The van der Waals surface area contributed by atoms with E-state index in [1.54, 1.807) is 0 Å². The zero-order valence-corrected chi connectivity index (χ0v) is 10.1. The Morgan fingerprint density at radius 1 is 1.27 bits per heavy atom. The van der Waals surface area contributed by atoms with Crippen LogP contribution in [-0.2, 0) is 11.2 Å². The highest BCUT2D eigenvalue weighted by atomic mass is 35.5. The highest BCUT2D eigenvalue weighted by molar-refractivity contribution is 6.31. The molecule has 0 heterocycles. The van der Waals surface area contributed by atoms with E-state index in [4.69, 9.17) is 11.6 Å². The summed E-state index contributed by atoms with van der Waals surface area (Å²) in [5.41, 5.74) is 0.941. The van der Waals surface area contributed by atoms with E-state index in [1.807, 2.05) is 24.3 Å². The molecule has 0 saturated heterocycles. The minimum atomic E-state index is 0.182. The van der Waals surface area contributed by atoms with Crippen LogP contribution in [0.1, 0.15) is 32.3 Å². The van der Waals surface area contributed by atoms with Crippen LogP contribution in [0.3, 0.4) is 0 Å². The van der Waals surface area contributed by atoms with Gasteiger partial charge in [0.25, 0.3) is 0 Å². The Morgan fingerprint density at radius 2 is 1.87 bits per heavy atom. The minimum absolute atomic E-state index is 0.182. The second-order valence-electron chi connectivity index (χ2n) is 3.75. The first-order valence-corrected chi connectivity index (χ1v) is 5.82. The summed E-state index contributed by atoms with van der Waals surface area (Å²) in [7, 11) is 0. The van der Waals surface area contributed by atoms with Gasteiger partial charge in [0.05, 0.1) is 0 Å². The molecular formula is C13H17ClO. The summed E-state index contributed by atoms with van der Waals surface area (Å²) >= 11 is 6.01. The first kappa shape index (κ1) is 12.3.